The van der Waals surface area contributed by atoms with Gasteiger partial charge in [-0.2, -0.15) is 0 Å². The zero-order valence-corrected chi connectivity index (χ0v) is 13.3. The molecule has 0 radical (unpaired) electrons. The van der Waals surface area contributed by atoms with Gasteiger partial charge in [0.1, 0.15) is 7.05 Å². The largest absolute Gasteiger partial charge is 0.208 e. The number of pyridine rings is 1. The molecule has 0 N–H and O–H groups in total. The van der Waals surface area contributed by atoms with Gasteiger partial charge in [-0.05, 0) is 31.2 Å². The van der Waals surface area contributed by atoms with Gasteiger partial charge in [-0.15, -0.1) is 0 Å². The lowest BCUT2D eigenvalue weighted by molar-refractivity contribution is -0.672. The van der Waals surface area contributed by atoms with Gasteiger partial charge >= 0.3 is 0 Å². The first-order chi connectivity index (χ1) is 9.27. The lowest BCUT2D eigenvalue weighted by atomic mass is 9.98. The molecular formula is C18H32N+. The zero-order chi connectivity index (χ0) is 13.9. The summed E-state index contributed by atoms with van der Waals surface area (Å²) < 4.78 is 2.20. The van der Waals surface area contributed by atoms with E-state index < -0.39 is 0 Å². The molecule has 0 saturated heterocycles. The molecule has 0 saturated carbocycles. The molecule has 0 fully saturated rings. The van der Waals surface area contributed by atoms with Crippen molar-refractivity contribution in [1.29, 1.82) is 0 Å². The van der Waals surface area contributed by atoms with Crippen molar-refractivity contribution in [2.24, 2.45) is 7.05 Å². The molecule has 0 unspecified atom stereocenters. The van der Waals surface area contributed by atoms with Gasteiger partial charge in [0, 0.05) is 11.6 Å². The smallest absolute Gasteiger partial charge is 0.171 e. The Labute approximate surface area is 120 Å². The van der Waals surface area contributed by atoms with E-state index in [2.05, 4.69) is 43.9 Å². The Morgan fingerprint density at radius 2 is 1.37 bits per heavy atom. The van der Waals surface area contributed by atoms with Crippen LogP contribution in [0.3, 0.4) is 0 Å². The second kappa shape index (κ2) is 10.00. The van der Waals surface area contributed by atoms with E-state index in [-0.39, 0.29) is 0 Å². The minimum absolute atomic E-state index is 1.26. The van der Waals surface area contributed by atoms with Crippen molar-refractivity contribution in [1.82, 2.24) is 0 Å². The predicted molar refractivity (Wildman–Crippen MR) is 83.3 cm³/mol. The van der Waals surface area contributed by atoms with E-state index in [1.54, 1.807) is 11.1 Å². The summed E-state index contributed by atoms with van der Waals surface area (Å²) in [5.74, 6) is 0. The molecule has 0 bridgehead atoms. The molecule has 0 atom stereocenters. The van der Waals surface area contributed by atoms with Gasteiger partial charge in [-0.1, -0.05) is 52.4 Å². The van der Waals surface area contributed by atoms with Crippen LogP contribution < -0.4 is 4.57 Å². The molecule has 0 amide bonds. The minimum atomic E-state index is 1.26. The van der Waals surface area contributed by atoms with Crippen molar-refractivity contribution in [3.63, 3.8) is 0 Å². The van der Waals surface area contributed by atoms with Crippen molar-refractivity contribution in [3.8, 4) is 0 Å². The summed E-state index contributed by atoms with van der Waals surface area (Å²) in [5.41, 5.74) is 3.17. The van der Waals surface area contributed by atoms with Crippen LogP contribution in [0.5, 0.6) is 0 Å². The molecule has 19 heavy (non-hydrogen) atoms. The first-order valence-corrected chi connectivity index (χ1v) is 8.25. The molecule has 1 nitrogen and oxygen atoms in total. The SMILES string of the molecule is CCCCCCc1cc[n+](C)cc1CCCCCC. The molecule has 1 aromatic heterocycles. The number of unbranched alkanes of at least 4 members (excludes halogenated alkanes) is 6. The fourth-order valence-electron chi connectivity index (χ4n) is 2.64. The number of aromatic nitrogens is 1. The molecule has 1 aromatic rings. The molecule has 0 aliphatic carbocycles. The van der Waals surface area contributed by atoms with Crippen molar-refractivity contribution in [3.05, 3.63) is 29.6 Å². The van der Waals surface area contributed by atoms with Gasteiger partial charge in [0.25, 0.3) is 0 Å². The normalized spacial score (nSPS) is 10.9. The third kappa shape index (κ3) is 6.75. The summed E-state index contributed by atoms with van der Waals surface area (Å²) in [6.07, 6.45) is 17.9. The summed E-state index contributed by atoms with van der Waals surface area (Å²) >= 11 is 0. The fraction of sp³-hybridized carbons (Fsp3) is 0.722. The summed E-state index contributed by atoms with van der Waals surface area (Å²) in [7, 11) is 2.14. The summed E-state index contributed by atoms with van der Waals surface area (Å²) in [4.78, 5) is 0. The van der Waals surface area contributed by atoms with E-state index in [0.29, 0.717) is 0 Å². The van der Waals surface area contributed by atoms with Crippen molar-refractivity contribution < 1.29 is 4.57 Å². The number of nitrogens with zero attached hydrogens (tertiary/aromatic N) is 1. The highest BCUT2D eigenvalue weighted by Crippen LogP contribution is 2.15. The maximum Gasteiger partial charge on any atom is 0.171 e. The van der Waals surface area contributed by atoms with Crippen LogP contribution in [0.2, 0.25) is 0 Å². The maximum atomic E-state index is 2.33. The van der Waals surface area contributed by atoms with E-state index in [1.807, 2.05) is 0 Å². The summed E-state index contributed by atoms with van der Waals surface area (Å²) in [6.45, 7) is 4.56. The standard InChI is InChI=1S/C18H32N/c1-4-6-8-10-12-17-14-15-19(3)16-18(17)13-11-9-7-5-2/h14-16H,4-13H2,1-3H3/q+1. The van der Waals surface area contributed by atoms with Gasteiger partial charge in [0.15, 0.2) is 12.4 Å². The fourth-order valence-corrected chi connectivity index (χ4v) is 2.64. The molecule has 1 heterocycles. The molecule has 0 aromatic carbocycles. The molecule has 1 rings (SSSR count). The van der Waals surface area contributed by atoms with Gasteiger partial charge in [-0.25, -0.2) is 4.57 Å². The third-order valence-electron chi connectivity index (χ3n) is 3.88. The van der Waals surface area contributed by atoms with E-state index in [9.17, 15) is 0 Å². The van der Waals surface area contributed by atoms with Crippen molar-refractivity contribution in [2.75, 3.05) is 0 Å². The van der Waals surface area contributed by atoms with Crippen molar-refractivity contribution in [2.45, 2.75) is 78.1 Å². The Kier molecular flexibility index (Phi) is 8.53. The van der Waals surface area contributed by atoms with E-state index in [1.165, 1.54) is 64.2 Å². The van der Waals surface area contributed by atoms with Gasteiger partial charge in [0.2, 0.25) is 0 Å². The Balaban J connectivity index is 2.48. The average molecular weight is 262 g/mol. The second-order valence-electron chi connectivity index (χ2n) is 5.78. The summed E-state index contributed by atoms with van der Waals surface area (Å²) in [5, 5.41) is 0. The quantitative estimate of drug-likeness (QED) is 0.423. The highest BCUT2D eigenvalue weighted by atomic mass is 14.9. The first kappa shape index (κ1) is 16.2. The molecular weight excluding hydrogens is 230 g/mol. The van der Waals surface area contributed by atoms with Crippen LogP contribution in [-0.2, 0) is 19.9 Å². The molecule has 0 aliphatic heterocycles. The maximum absolute atomic E-state index is 2.33. The number of aryl methyl sites for hydroxylation is 3. The molecule has 1 heteroatoms. The average Bonchev–Trinajstić information content (AvgIpc) is 2.41. The van der Waals surface area contributed by atoms with Crippen molar-refractivity contribution >= 4 is 0 Å². The topological polar surface area (TPSA) is 3.88 Å². The highest BCUT2D eigenvalue weighted by molar-refractivity contribution is 5.21. The molecule has 108 valence electrons. The van der Waals surface area contributed by atoms with Gasteiger partial charge in [-0.3, -0.25) is 0 Å². The van der Waals surface area contributed by atoms with E-state index >= 15 is 0 Å². The van der Waals surface area contributed by atoms with E-state index in [4.69, 9.17) is 0 Å². The Hall–Kier alpha value is -0.850. The van der Waals surface area contributed by atoms with Crippen LogP contribution in [0.25, 0.3) is 0 Å². The predicted octanol–water partition coefficient (Wildman–Crippen LogP) is 4.76. The van der Waals surface area contributed by atoms with E-state index in [0.717, 1.165) is 0 Å². The van der Waals surface area contributed by atoms with Gasteiger partial charge in [0.05, 0.1) is 0 Å². The Morgan fingerprint density at radius 1 is 0.789 bits per heavy atom. The molecule has 0 spiro atoms. The Bertz CT molecular complexity index is 344. The number of hydrogen-bond acceptors (Lipinski definition) is 0. The highest BCUT2D eigenvalue weighted by Gasteiger charge is 2.07. The third-order valence-corrected chi connectivity index (χ3v) is 3.88. The lowest BCUT2D eigenvalue weighted by Crippen LogP contribution is -2.27. The van der Waals surface area contributed by atoms with Crippen LogP contribution in [0.4, 0.5) is 0 Å². The van der Waals surface area contributed by atoms with Crippen LogP contribution in [-0.4, -0.2) is 0 Å². The van der Waals surface area contributed by atoms with Crippen LogP contribution >= 0.6 is 0 Å². The summed E-state index contributed by atoms with van der Waals surface area (Å²) in [6, 6.07) is 2.33. The van der Waals surface area contributed by atoms with Gasteiger partial charge < -0.3 is 0 Å². The Morgan fingerprint density at radius 3 is 1.95 bits per heavy atom. The monoisotopic (exact) mass is 262 g/mol. The molecule has 0 aliphatic rings. The van der Waals surface area contributed by atoms with Crippen LogP contribution in [0.15, 0.2) is 18.5 Å². The first-order valence-electron chi connectivity index (χ1n) is 8.25. The second-order valence-corrected chi connectivity index (χ2v) is 5.78. The number of hydrogen-bond donors (Lipinski definition) is 0. The van der Waals surface area contributed by atoms with Crippen LogP contribution in [0, 0.1) is 0 Å². The minimum Gasteiger partial charge on any atom is -0.208 e. The van der Waals surface area contributed by atoms with Crippen LogP contribution in [0.1, 0.15) is 76.3 Å². The number of rotatable bonds is 10. The lowest BCUT2D eigenvalue weighted by Gasteiger charge is -2.08. The zero-order valence-electron chi connectivity index (χ0n) is 13.3.